The van der Waals surface area contributed by atoms with Crippen LogP contribution in [0.15, 0.2) is 45.3 Å². The molecule has 2 aromatic carbocycles. The standard InChI is InChI=1S/C16H14Br2O2/c1-3-20-12-6-7-13(15(18)9-12)16(19)11-5-4-10(2)14(17)8-11/h4-9H,3H2,1-2H3. The third kappa shape index (κ3) is 3.30. The van der Waals surface area contributed by atoms with Gasteiger partial charge in [0.15, 0.2) is 5.78 Å². The molecule has 0 bridgehead atoms. The summed E-state index contributed by atoms with van der Waals surface area (Å²) in [6.45, 7) is 4.52. The van der Waals surface area contributed by atoms with Gasteiger partial charge in [-0.15, -0.1) is 0 Å². The zero-order chi connectivity index (χ0) is 14.7. The van der Waals surface area contributed by atoms with Crippen molar-refractivity contribution in [2.24, 2.45) is 0 Å². The molecule has 104 valence electrons. The van der Waals surface area contributed by atoms with Crippen LogP contribution in [0.1, 0.15) is 28.4 Å². The first-order chi connectivity index (χ1) is 9.52. The van der Waals surface area contributed by atoms with Gasteiger partial charge in [0.05, 0.1) is 6.61 Å². The smallest absolute Gasteiger partial charge is 0.194 e. The molecule has 0 heterocycles. The fourth-order valence-corrected chi connectivity index (χ4v) is 2.74. The van der Waals surface area contributed by atoms with Gasteiger partial charge >= 0.3 is 0 Å². The Balaban J connectivity index is 2.35. The zero-order valence-corrected chi connectivity index (χ0v) is 14.4. The molecule has 4 heteroatoms. The van der Waals surface area contributed by atoms with Crippen molar-refractivity contribution in [3.63, 3.8) is 0 Å². The summed E-state index contributed by atoms with van der Waals surface area (Å²) in [4.78, 5) is 12.5. The molecule has 2 nitrogen and oxygen atoms in total. The molecule has 0 amide bonds. The average molecular weight is 398 g/mol. The Bertz CT molecular complexity index is 651. The third-order valence-electron chi connectivity index (χ3n) is 2.93. The summed E-state index contributed by atoms with van der Waals surface area (Å²) >= 11 is 6.89. The van der Waals surface area contributed by atoms with E-state index < -0.39 is 0 Å². The Morgan fingerprint density at radius 2 is 1.85 bits per heavy atom. The van der Waals surface area contributed by atoms with Crippen LogP contribution in [0.3, 0.4) is 0 Å². The van der Waals surface area contributed by atoms with E-state index in [1.54, 1.807) is 6.07 Å². The average Bonchev–Trinajstić information content (AvgIpc) is 2.42. The monoisotopic (exact) mass is 396 g/mol. The number of ketones is 1. The highest BCUT2D eigenvalue weighted by molar-refractivity contribution is 9.10. The van der Waals surface area contributed by atoms with Crippen LogP contribution in [0.5, 0.6) is 5.75 Å². The van der Waals surface area contributed by atoms with E-state index in [2.05, 4.69) is 31.9 Å². The fraction of sp³-hybridized carbons (Fsp3) is 0.188. The van der Waals surface area contributed by atoms with Crippen molar-refractivity contribution in [2.75, 3.05) is 6.61 Å². The molecule has 20 heavy (non-hydrogen) atoms. The lowest BCUT2D eigenvalue weighted by Gasteiger charge is -2.08. The lowest BCUT2D eigenvalue weighted by Crippen LogP contribution is -2.03. The molecule has 0 fully saturated rings. The van der Waals surface area contributed by atoms with Crippen LogP contribution in [-0.4, -0.2) is 12.4 Å². The van der Waals surface area contributed by atoms with Gasteiger partial charge in [-0.25, -0.2) is 0 Å². The van der Waals surface area contributed by atoms with Gasteiger partial charge in [-0.1, -0.05) is 28.1 Å². The van der Waals surface area contributed by atoms with Crippen molar-refractivity contribution in [1.29, 1.82) is 0 Å². The number of benzene rings is 2. The van der Waals surface area contributed by atoms with E-state index in [1.807, 2.05) is 44.2 Å². The molecule has 0 aromatic heterocycles. The summed E-state index contributed by atoms with van der Waals surface area (Å²) < 4.78 is 7.09. The minimum absolute atomic E-state index is 0.0133. The van der Waals surface area contributed by atoms with Gasteiger partial charge in [0.25, 0.3) is 0 Å². The topological polar surface area (TPSA) is 26.3 Å². The number of halogens is 2. The number of aryl methyl sites for hydroxylation is 1. The van der Waals surface area contributed by atoms with E-state index in [0.717, 1.165) is 20.3 Å². The predicted molar refractivity (Wildman–Crippen MR) is 87.6 cm³/mol. The largest absolute Gasteiger partial charge is 0.494 e. The van der Waals surface area contributed by atoms with Crippen LogP contribution in [0, 0.1) is 6.92 Å². The van der Waals surface area contributed by atoms with Gasteiger partial charge in [-0.2, -0.15) is 0 Å². The van der Waals surface area contributed by atoms with Crippen LogP contribution in [0.4, 0.5) is 0 Å². The van der Waals surface area contributed by atoms with E-state index in [9.17, 15) is 4.79 Å². The molecule has 2 aromatic rings. The third-order valence-corrected chi connectivity index (χ3v) is 4.44. The number of rotatable bonds is 4. The number of carbonyl (C=O) groups is 1. The van der Waals surface area contributed by atoms with Gasteiger partial charge in [0.1, 0.15) is 5.75 Å². The van der Waals surface area contributed by atoms with Crippen molar-refractivity contribution < 1.29 is 9.53 Å². The number of carbonyl (C=O) groups excluding carboxylic acids is 1. The first-order valence-electron chi connectivity index (χ1n) is 6.26. The minimum Gasteiger partial charge on any atom is -0.494 e. The van der Waals surface area contributed by atoms with Crippen molar-refractivity contribution in [3.8, 4) is 5.75 Å². The second-order valence-electron chi connectivity index (χ2n) is 4.37. The van der Waals surface area contributed by atoms with Gasteiger partial charge in [0.2, 0.25) is 0 Å². The molecule has 0 radical (unpaired) electrons. The van der Waals surface area contributed by atoms with Gasteiger partial charge < -0.3 is 4.74 Å². The van der Waals surface area contributed by atoms with Crippen molar-refractivity contribution >= 4 is 37.6 Å². The Kier molecular flexibility index (Phi) is 5.00. The minimum atomic E-state index is -0.0133. The quantitative estimate of drug-likeness (QED) is 0.667. The fourth-order valence-electron chi connectivity index (χ4n) is 1.83. The molecule has 0 atom stereocenters. The maximum atomic E-state index is 12.5. The van der Waals surface area contributed by atoms with E-state index in [1.165, 1.54) is 0 Å². The predicted octanol–water partition coefficient (Wildman–Crippen LogP) is 5.15. The molecule has 2 rings (SSSR count). The molecule has 0 N–H and O–H groups in total. The molecular formula is C16H14Br2O2. The highest BCUT2D eigenvalue weighted by Gasteiger charge is 2.14. The number of hydrogen-bond acceptors (Lipinski definition) is 2. The molecule has 0 aliphatic rings. The lowest BCUT2D eigenvalue weighted by atomic mass is 10.0. The van der Waals surface area contributed by atoms with Gasteiger partial charge in [0, 0.05) is 20.1 Å². The van der Waals surface area contributed by atoms with Crippen LogP contribution in [0.2, 0.25) is 0 Å². The first-order valence-corrected chi connectivity index (χ1v) is 7.84. The molecule has 0 aliphatic carbocycles. The maximum absolute atomic E-state index is 12.5. The highest BCUT2D eigenvalue weighted by Crippen LogP contribution is 2.26. The highest BCUT2D eigenvalue weighted by atomic mass is 79.9. The Hall–Kier alpha value is -1.13. The zero-order valence-electron chi connectivity index (χ0n) is 11.2. The second kappa shape index (κ2) is 6.55. The number of hydrogen-bond donors (Lipinski definition) is 0. The summed E-state index contributed by atoms with van der Waals surface area (Å²) in [7, 11) is 0. The first kappa shape index (κ1) is 15.3. The van der Waals surface area contributed by atoms with Crippen LogP contribution >= 0.6 is 31.9 Å². The molecule has 0 spiro atoms. The van der Waals surface area contributed by atoms with E-state index in [0.29, 0.717) is 17.7 Å². The van der Waals surface area contributed by atoms with Crippen LogP contribution in [0.25, 0.3) is 0 Å². The molecule has 0 saturated carbocycles. The summed E-state index contributed by atoms with van der Waals surface area (Å²) in [5, 5.41) is 0. The van der Waals surface area contributed by atoms with Crippen molar-refractivity contribution in [3.05, 3.63) is 62.0 Å². The Labute approximate surface area is 135 Å². The van der Waals surface area contributed by atoms with Crippen LogP contribution in [-0.2, 0) is 0 Å². The maximum Gasteiger partial charge on any atom is 0.194 e. The Morgan fingerprint density at radius 1 is 1.10 bits per heavy atom. The molecular weight excluding hydrogens is 384 g/mol. The second-order valence-corrected chi connectivity index (χ2v) is 6.08. The molecule has 0 saturated heterocycles. The molecule has 0 unspecified atom stereocenters. The van der Waals surface area contributed by atoms with Crippen molar-refractivity contribution in [1.82, 2.24) is 0 Å². The molecule has 0 aliphatic heterocycles. The van der Waals surface area contributed by atoms with Gasteiger partial charge in [-0.05, 0) is 59.6 Å². The van der Waals surface area contributed by atoms with Gasteiger partial charge in [-0.3, -0.25) is 4.79 Å². The Morgan fingerprint density at radius 3 is 2.45 bits per heavy atom. The van der Waals surface area contributed by atoms with E-state index >= 15 is 0 Å². The van der Waals surface area contributed by atoms with E-state index in [-0.39, 0.29) is 5.78 Å². The van der Waals surface area contributed by atoms with Crippen LogP contribution < -0.4 is 4.74 Å². The normalized spacial score (nSPS) is 10.4. The summed E-state index contributed by atoms with van der Waals surface area (Å²) in [6.07, 6.45) is 0. The van der Waals surface area contributed by atoms with E-state index in [4.69, 9.17) is 4.74 Å². The SMILES string of the molecule is CCOc1ccc(C(=O)c2ccc(C)c(Br)c2)c(Br)c1. The summed E-state index contributed by atoms with van der Waals surface area (Å²) in [5.41, 5.74) is 2.39. The summed E-state index contributed by atoms with van der Waals surface area (Å²) in [5.74, 6) is 0.738. The van der Waals surface area contributed by atoms with Crippen molar-refractivity contribution in [2.45, 2.75) is 13.8 Å². The number of ether oxygens (including phenoxy) is 1. The summed E-state index contributed by atoms with van der Waals surface area (Å²) in [6, 6.07) is 11.0. The lowest BCUT2D eigenvalue weighted by molar-refractivity contribution is 0.103.